The fourth-order valence-electron chi connectivity index (χ4n) is 3.41. The summed E-state index contributed by atoms with van der Waals surface area (Å²) in [6, 6.07) is 8.64. The van der Waals surface area contributed by atoms with Crippen molar-refractivity contribution in [1.82, 2.24) is 9.97 Å². The number of rotatable bonds is 9. The van der Waals surface area contributed by atoms with E-state index in [1.54, 1.807) is 30.3 Å². The number of aromatic nitrogens is 2. The number of anilines is 1. The van der Waals surface area contributed by atoms with Crippen molar-refractivity contribution in [2.24, 2.45) is 0 Å². The first kappa shape index (κ1) is 24.4. The predicted octanol–water partition coefficient (Wildman–Crippen LogP) is 3.82. The van der Waals surface area contributed by atoms with Gasteiger partial charge in [-0.05, 0) is 24.3 Å². The van der Waals surface area contributed by atoms with Gasteiger partial charge in [0.05, 0.1) is 48.4 Å². The maximum absolute atomic E-state index is 11.8. The van der Waals surface area contributed by atoms with Crippen LogP contribution in [0.3, 0.4) is 0 Å². The Morgan fingerprint density at radius 1 is 0.647 bits per heavy atom. The van der Waals surface area contributed by atoms with Crippen LogP contribution < -0.4 is 33.7 Å². The quantitative estimate of drug-likeness (QED) is 0.500. The molecule has 10 heteroatoms. The number of nitrogens with one attached hydrogen (secondary N) is 1. The standard InChI is InChI=1S/C24H27N3O7/c1-13(28)25-21-12-16(14-8-17(29-2)22(33-6)18(9-14)30-3)26-24(27-21)15-10-19(31-4)23(34-7)20(11-15)32-5/h8-12H,1-7H3,(H,25,26,27,28). The molecule has 0 radical (unpaired) electrons. The van der Waals surface area contributed by atoms with E-state index in [0.717, 1.165) is 0 Å². The van der Waals surface area contributed by atoms with Crippen LogP contribution in [0.15, 0.2) is 30.3 Å². The Balaban J connectivity index is 2.26. The van der Waals surface area contributed by atoms with E-state index in [1.807, 2.05) is 0 Å². The molecule has 0 bridgehead atoms. The summed E-state index contributed by atoms with van der Waals surface area (Å²) in [5.74, 6) is 3.08. The smallest absolute Gasteiger partial charge is 0.222 e. The molecular weight excluding hydrogens is 442 g/mol. The van der Waals surface area contributed by atoms with E-state index in [0.29, 0.717) is 63.0 Å². The molecule has 0 unspecified atom stereocenters. The lowest BCUT2D eigenvalue weighted by atomic mass is 10.1. The van der Waals surface area contributed by atoms with Crippen LogP contribution in [0.25, 0.3) is 22.6 Å². The number of nitrogens with zero attached hydrogens (tertiary/aromatic N) is 2. The first-order valence-corrected chi connectivity index (χ1v) is 10.2. The molecule has 1 aromatic heterocycles. The summed E-state index contributed by atoms with van der Waals surface area (Å²) in [5.41, 5.74) is 1.77. The first-order chi connectivity index (χ1) is 16.4. The minimum atomic E-state index is -0.273. The molecule has 1 N–H and O–H groups in total. The second-order valence-corrected chi connectivity index (χ2v) is 6.97. The third-order valence-corrected chi connectivity index (χ3v) is 4.91. The van der Waals surface area contributed by atoms with Crippen molar-refractivity contribution in [1.29, 1.82) is 0 Å². The summed E-state index contributed by atoms with van der Waals surface area (Å²) in [5, 5.41) is 2.72. The van der Waals surface area contributed by atoms with Crippen LogP contribution in [0.1, 0.15) is 6.92 Å². The molecule has 0 aliphatic heterocycles. The van der Waals surface area contributed by atoms with Gasteiger partial charge in [0.1, 0.15) is 5.82 Å². The van der Waals surface area contributed by atoms with Crippen LogP contribution in [0.2, 0.25) is 0 Å². The molecule has 180 valence electrons. The zero-order valence-corrected chi connectivity index (χ0v) is 20.1. The summed E-state index contributed by atoms with van der Waals surface area (Å²) in [7, 11) is 9.17. The SMILES string of the molecule is COc1cc(-c2cc(NC(C)=O)nc(-c3cc(OC)c(OC)c(OC)c3)n2)cc(OC)c1OC. The highest BCUT2D eigenvalue weighted by Gasteiger charge is 2.19. The molecule has 0 saturated heterocycles. The maximum atomic E-state index is 11.8. The highest BCUT2D eigenvalue weighted by Crippen LogP contribution is 2.43. The molecule has 0 saturated carbocycles. The first-order valence-electron chi connectivity index (χ1n) is 10.2. The Morgan fingerprint density at radius 3 is 1.47 bits per heavy atom. The Labute approximate surface area is 197 Å². The van der Waals surface area contributed by atoms with E-state index in [-0.39, 0.29) is 5.91 Å². The fourth-order valence-corrected chi connectivity index (χ4v) is 3.41. The van der Waals surface area contributed by atoms with Gasteiger partial charge in [0.25, 0.3) is 0 Å². The molecule has 3 rings (SSSR count). The Morgan fingerprint density at radius 2 is 1.09 bits per heavy atom. The second-order valence-electron chi connectivity index (χ2n) is 6.97. The number of methoxy groups -OCH3 is 6. The van der Waals surface area contributed by atoms with Crippen LogP contribution in [0, 0.1) is 0 Å². The predicted molar refractivity (Wildman–Crippen MR) is 127 cm³/mol. The molecule has 10 nitrogen and oxygen atoms in total. The molecule has 2 aromatic carbocycles. The molecular formula is C24H27N3O7. The van der Waals surface area contributed by atoms with Crippen molar-refractivity contribution >= 4 is 11.7 Å². The highest BCUT2D eigenvalue weighted by atomic mass is 16.5. The van der Waals surface area contributed by atoms with Crippen LogP contribution in [-0.4, -0.2) is 58.5 Å². The lowest BCUT2D eigenvalue weighted by Gasteiger charge is -2.16. The van der Waals surface area contributed by atoms with Crippen LogP contribution >= 0.6 is 0 Å². The normalized spacial score (nSPS) is 10.3. The van der Waals surface area contributed by atoms with Crippen molar-refractivity contribution in [3.63, 3.8) is 0 Å². The summed E-state index contributed by atoms with van der Waals surface area (Å²) in [6.45, 7) is 1.40. The van der Waals surface area contributed by atoms with Crippen LogP contribution in [0.4, 0.5) is 5.82 Å². The van der Waals surface area contributed by atoms with Crippen molar-refractivity contribution in [2.45, 2.75) is 6.92 Å². The van der Waals surface area contributed by atoms with Crippen molar-refractivity contribution in [3.8, 4) is 57.1 Å². The number of ether oxygens (including phenoxy) is 6. The van der Waals surface area contributed by atoms with Gasteiger partial charge in [-0.3, -0.25) is 4.79 Å². The highest BCUT2D eigenvalue weighted by molar-refractivity contribution is 5.88. The Kier molecular flexibility index (Phi) is 7.62. The molecule has 0 atom stereocenters. The van der Waals surface area contributed by atoms with Crippen molar-refractivity contribution in [2.75, 3.05) is 48.0 Å². The Bertz CT molecular complexity index is 1070. The molecule has 0 spiro atoms. The number of hydrogen-bond acceptors (Lipinski definition) is 9. The lowest BCUT2D eigenvalue weighted by Crippen LogP contribution is -2.09. The molecule has 0 fully saturated rings. The second kappa shape index (κ2) is 10.6. The summed E-state index contributed by atoms with van der Waals surface area (Å²) in [6.07, 6.45) is 0. The largest absolute Gasteiger partial charge is 0.493 e. The molecule has 1 heterocycles. The molecule has 0 aliphatic rings. The van der Waals surface area contributed by atoms with Crippen molar-refractivity contribution in [3.05, 3.63) is 30.3 Å². The molecule has 34 heavy (non-hydrogen) atoms. The summed E-state index contributed by atoms with van der Waals surface area (Å²) in [4.78, 5) is 21.0. The third kappa shape index (κ3) is 4.90. The van der Waals surface area contributed by atoms with E-state index < -0.39 is 0 Å². The van der Waals surface area contributed by atoms with E-state index in [2.05, 4.69) is 10.3 Å². The lowest BCUT2D eigenvalue weighted by molar-refractivity contribution is -0.114. The number of hydrogen-bond donors (Lipinski definition) is 1. The number of amides is 1. The van der Waals surface area contributed by atoms with Gasteiger partial charge in [-0.25, -0.2) is 9.97 Å². The monoisotopic (exact) mass is 469 g/mol. The van der Waals surface area contributed by atoms with Gasteiger partial charge in [-0.15, -0.1) is 0 Å². The zero-order chi connectivity index (χ0) is 24.8. The van der Waals surface area contributed by atoms with Gasteiger partial charge in [-0.1, -0.05) is 0 Å². The number of carbonyl (C=O) groups excluding carboxylic acids is 1. The number of carbonyl (C=O) groups is 1. The fraction of sp³-hybridized carbons (Fsp3) is 0.292. The van der Waals surface area contributed by atoms with Gasteiger partial charge in [-0.2, -0.15) is 0 Å². The van der Waals surface area contributed by atoms with E-state index >= 15 is 0 Å². The van der Waals surface area contributed by atoms with E-state index in [1.165, 1.54) is 49.6 Å². The zero-order valence-electron chi connectivity index (χ0n) is 20.1. The molecule has 3 aromatic rings. The van der Waals surface area contributed by atoms with Crippen LogP contribution in [-0.2, 0) is 4.79 Å². The molecule has 1 amide bonds. The minimum absolute atomic E-state index is 0.273. The van der Waals surface area contributed by atoms with Gasteiger partial charge < -0.3 is 33.7 Å². The van der Waals surface area contributed by atoms with Gasteiger partial charge >= 0.3 is 0 Å². The third-order valence-electron chi connectivity index (χ3n) is 4.91. The maximum Gasteiger partial charge on any atom is 0.222 e. The van der Waals surface area contributed by atoms with Crippen molar-refractivity contribution < 1.29 is 33.2 Å². The minimum Gasteiger partial charge on any atom is -0.493 e. The average molecular weight is 469 g/mol. The molecule has 0 aliphatic carbocycles. The summed E-state index contributed by atoms with van der Waals surface area (Å²) < 4.78 is 32.7. The Hall–Kier alpha value is -4.21. The topological polar surface area (TPSA) is 110 Å². The van der Waals surface area contributed by atoms with Gasteiger partial charge in [0, 0.05) is 24.1 Å². The number of benzene rings is 2. The average Bonchev–Trinajstić information content (AvgIpc) is 2.85. The van der Waals surface area contributed by atoms with E-state index in [9.17, 15) is 4.79 Å². The van der Waals surface area contributed by atoms with Gasteiger partial charge in [0.2, 0.25) is 17.4 Å². The van der Waals surface area contributed by atoms with Gasteiger partial charge in [0.15, 0.2) is 28.8 Å². The summed E-state index contributed by atoms with van der Waals surface area (Å²) >= 11 is 0. The van der Waals surface area contributed by atoms with Crippen LogP contribution in [0.5, 0.6) is 34.5 Å². The van der Waals surface area contributed by atoms with E-state index in [4.69, 9.17) is 33.4 Å².